The molecule has 2 rings (SSSR count). The number of nitrogens with zero attached hydrogens (tertiary/aromatic N) is 3. The molecule has 2 aromatic rings. The lowest BCUT2D eigenvalue weighted by Gasteiger charge is -2.09. The minimum absolute atomic E-state index is 0.0384. The molecule has 0 saturated heterocycles. The maximum Gasteiger partial charge on any atom is 0.534 e. The Bertz CT molecular complexity index is 1290. The highest BCUT2D eigenvalue weighted by Gasteiger charge is 2.49. The lowest BCUT2D eigenvalue weighted by atomic mass is 10.3. The zero-order valence-electron chi connectivity index (χ0n) is 18.0. The number of pyridine rings is 2. The molecule has 0 unspecified atom stereocenters. The van der Waals surface area contributed by atoms with Crippen LogP contribution < -0.4 is 19.4 Å². The fourth-order valence-electron chi connectivity index (χ4n) is 1.64. The van der Waals surface area contributed by atoms with Crippen molar-refractivity contribution < 1.29 is 56.3 Å². The molecule has 0 aliphatic carbocycles. The zero-order valence-corrected chi connectivity index (χ0v) is 20.5. The summed E-state index contributed by atoms with van der Waals surface area (Å²) in [4.78, 5) is 21.5. The van der Waals surface area contributed by atoms with Crippen molar-refractivity contribution in [1.29, 1.82) is 0 Å². The van der Waals surface area contributed by atoms with Gasteiger partial charge in [-0.15, -0.1) is 0 Å². The lowest BCUT2D eigenvalue weighted by Crippen LogP contribution is -2.28. The molecule has 0 saturated carbocycles. The maximum atomic E-state index is 12.1. The van der Waals surface area contributed by atoms with Crippen molar-refractivity contribution in [3.8, 4) is 11.8 Å². The van der Waals surface area contributed by atoms with Crippen LogP contribution in [0.25, 0.3) is 0 Å². The van der Waals surface area contributed by atoms with Crippen LogP contribution in [0.2, 0.25) is 0 Å². The number of carbonyl (C=O) groups excluding carboxylic acids is 1. The van der Waals surface area contributed by atoms with Gasteiger partial charge in [0.2, 0.25) is 11.8 Å². The third-order valence-corrected chi connectivity index (χ3v) is 5.68. The number of halogens is 6. The van der Waals surface area contributed by atoms with Gasteiger partial charge in [0, 0.05) is 31.1 Å². The standard InChI is InChI=1S/C10H11F3N4O4S2.C6H4F3NO3S/c1-22-8(14)17-9(18)16-5-6-2-3-7(15-4-6)21-23(19,20)10(11,12)13;7-6(8,9)14(11,12)13-5-3-1-2-4-10-5/h2-4H,5H2,1H3,(H3,14,16,17,18);1-4H. The molecule has 0 fully saturated rings. The first-order chi connectivity index (χ1) is 16.9. The van der Waals surface area contributed by atoms with Crippen LogP contribution in [0, 0.1) is 0 Å². The van der Waals surface area contributed by atoms with Crippen LogP contribution in [0.4, 0.5) is 31.1 Å². The van der Waals surface area contributed by atoms with E-state index >= 15 is 0 Å². The van der Waals surface area contributed by atoms with Crippen LogP contribution in [-0.2, 0) is 26.8 Å². The first-order valence-electron chi connectivity index (χ1n) is 8.91. The van der Waals surface area contributed by atoms with Gasteiger partial charge in [-0.25, -0.2) is 14.8 Å². The van der Waals surface area contributed by atoms with E-state index in [9.17, 15) is 48.0 Å². The van der Waals surface area contributed by atoms with Crippen molar-refractivity contribution in [3.63, 3.8) is 0 Å². The van der Waals surface area contributed by atoms with Gasteiger partial charge in [0.15, 0.2) is 5.17 Å². The number of urea groups is 1. The minimum atomic E-state index is -5.77. The normalized spacial score (nSPS) is 12.7. The highest BCUT2D eigenvalue weighted by Crippen LogP contribution is 2.26. The summed E-state index contributed by atoms with van der Waals surface area (Å²) in [5.74, 6) is -1.37. The molecule has 2 amide bonds. The van der Waals surface area contributed by atoms with Crippen LogP contribution in [0.1, 0.15) is 5.56 Å². The fourth-order valence-corrected chi connectivity index (χ4v) is 2.65. The molecular weight excluding hydrogens is 584 g/mol. The van der Waals surface area contributed by atoms with Crippen molar-refractivity contribution in [1.82, 2.24) is 15.3 Å². The number of hydrogen-bond acceptors (Lipinski definition) is 10. The zero-order chi connectivity index (χ0) is 28.5. The molecule has 0 aliphatic heterocycles. The molecule has 0 spiro atoms. The number of amidine groups is 1. The quantitative estimate of drug-likeness (QED) is 0.164. The van der Waals surface area contributed by atoms with Crippen LogP contribution in [0.15, 0.2) is 47.7 Å². The van der Waals surface area contributed by atoms with E-state index in [1.165, 1.54) is 18.2 Å². The van der Waals surface area contributed by atoms with Gasteiger partial charge < -0.3 is 19.4 Å². The number of rotatable bonds is 6. The van der Waals surface area contributed by atoms with Gasteiger partial charge in [0.05, 0.1) is 0 Å². The van der Waals surface area contributed by atoms with E-state index in [4.69, 9.17) is 5.73 Å². The molecule has 2 aromatic heterocycles. The number of aliphatic imine (C=N–C) groups is 1. The number of thioether (sulfide) groups is 1. The van der Waals surface area contributed by atoms with Crippen molar-refractivity contribution in [2.24, 2.45) is 10.7 Å². The Balaban J connectivity index is 0.000000417. The second-order valence-electron chi connectivity index (χ2n) is 5.95. The molecular formula is C16H15F6N5O7S3. The number of nitrogens with one attached hydrogen (secondary N) is 1. The minimum Gasteiger partial charge on any atom is -0.378 e. The third-order valence-electron chi connectivity index (χ3n) is 3.26. The van der Waals surface area contributed by atoms with E-state index in [1.807, 2.05) is 0 Å². The Kier molecular flexibility index (Phi) is 10.9. The number of hydrogen-bond donors (Lipinski definition) is 2. The largest absolute Gasteiger partial charge is 0.534 e. The average Bonchev–Trinajstić information content (AvgIpc) is 2.77. The molecule has 0 aromatic carbocycles. The summed E-state index contributed by atoms with van der Waals surface area (Å²) in [5, 5.41) is 2.41. The van der Waals surface area contributed by atoms with Gasteiger partial charge in [-0.1, -0.05) is 23.9 Å². The smallest absolute Gasteiger partial charge is 0.378 e. The van der Waals surface area contributed by atoms with Gasteiger partial charge in [0.1, 0.15) is 0 Å². The lowest BCUT2D eigenvalue weighted by molar-refractivity contribution is -0.0506. The summed E-state index contributed by atoms with van der Waals surface area (Å²) < 4.78 is 122. The SMILES string of the molecule is CS/C(N)=N/C(=O)NCc1ccc(OS(=O)(=O)C(F)(F)F)nc1.O=S(=O)(Oc1ccccn1)C(F)(F)F. The van der Waals surface area contributed by atoms with Crippen LogP contribution >= 0.6 is 11.8 Å². The summed E-state index contributed by atoms with van der Waals surface area (Å²) in [6.07, 6.45) is 3.79. The molecule has 0 atom stereocenters. The summed E-state index contributed by atoms with van der Waals surface area (Å²) in [5.41, 5.74) is -5.27. The Hall–Kier alpha value is -3.33. The number of amides is 2. The van der Waals surface area contributed by atoms with E-state index in [0.717, 1.165) is 36.3 Å². The predicted octanol–water partition coefficient (Wildman–Crippen LogP) is 2.51. The van der Waals surface area contributed by atoms with Crippen LogP contribution in [0.3, 0.4) is 0 Å². The monoisotopic (exact) mass is 599 g/mol. The highest BCUT2D eigenvalue weighted by atomic mass is 32.2. The van der Waals surface area contributed by atoms with Crippen molar-refractivity contribution in [2.75, 3.05) is 6.26 Å². The molecule has 37 heavy (non-hydrogen) atoms. The first-order valence-corrected chi connectivity index (χ1v) is 13.0. The molecule has 0 radical (unpaired) electrons. The molecule has 206 valence electrons. The van der Waals surface area contributed by atoms with Crippen LogP contribution in [0.5, 0.6) is 11.8 Å². The topological polar surface area (TPSA) is 180 Å². The van der Waals surface area contributed by atoms with Crippen molar-refractivity contribution >= 4 is 43.2 Å². The van der Waals surface area contributed by atoms with E-state index in [1.54, 1.807) is 6.26 Å². The Morgan fingerprint density at radius 3 is 1.92 bits per heavy atom. The Labute approximate surface area is 209 Å². The van der Waals surface area contributed by atoms with E-state index in [0.29, 0.717) is 5.56 Å². The summed E-state index contributed by atoms with van der Waals surface area (Å²) >= 11 is 1.07. The summed E-state index contributed by atoms with van der Waals surface area (Å²) in [6.45, 7) is -0.0384. The second-order valence-corrected chi connectivity index (χ2v) is 9.85. The number of aromatic nitrogens is 2. The second kappa shape index (κ2) is 12.8. The van der Waals surface area contributed by atoms with E-state index in [-0.39, 0.29) is 11.7 Å². The van der Waals surface area contributed by atoms with E-state index < -0.39 is 49.0 Å². The predicted molar refractivity (Wildman–Crippen MR) is 117 cm³/mol. The number of alkyl halides is 6. The number of carbonyl (C=O) groups is 1. The van der Waals surface area contributed by atoms with Gasteiger partial charge in [-0.2, -0.15) is 48.2 Å². The Morgan fingerprint density at radius 2 is 1.51 bits per heavy atom. The van der Waals surface area contributed by atoms with Gasteiger partial charge in [-0.3, -0.25) is 0 Å². The van der Waals surface area contributed by atoms with Gasteiger partial charge in [-0.05, 0) is 17.9 Å². The number of nitrogens with two attached hydrogens (primary N) is 1. The van der Waals surface area contributed by atoms with Gasteiger partial charge in [0.25, 0.3) is 0 Å². The van der Waals surface area contributed by atoms with Crippen LogP contribution in [-0.4, -0.2) is 55.3 Å². The van der Waals surface area contributed by atoms with Crippen molar-refractivity contribution in [3.05, 3.63) is 48.3 Å². The third kappa shape index (κ3) is 10.7. The highest BCUT2D eigenvalue weighted by molar-refractivity contribution is 8.13. The molecule has 2 heterocycles. The summed E-state index contributed by atoms with van der Waals surface area (Å²) in [6, 6.07) is 5.15. The molecule has 0 aliphatic rings. The molecule has 3 N–H and O–H groups in total. The molecule has 21 heteroatoms. The van der Waals surface area contributed by atoms with E-state index in [2.05, 4.69) is 28.6 Å². The molecule has 12 nitrogen and oxygen atoms in total. The average molecular weight is 600 g/mol. The Morgan fingerprint density at radius 1 is 0.973 bits per heavy atom. The maximum absolute atomic E-state index is 12.1. The van der Waals surface area contributed by atoms with Crippen molar-refractivity contribution in [2.45, 2.75) is 17.6 Å². The first kappa shape index (κ1) is 31.7. The summed E-state index contributed by atoms with van der Waals surface area (Å²) in [7, 11) is -11.4. The molecule has 0 bridgehead atoms. The fraction of sp³-hybridized carbons (Fsp3) is 0.250. The van der Waals surface area contributed by atoms with Gasteiger partial charge >= 0.3 is 37.3 Å².